The van der Waals surface area contributed by atoms with E-state index in [0.717, 1.165) is 16.8 Å². The van der Waals surface area contributed by atoms with Gasteiger partial charge in [-0.3, -0.25) is 0 Å². The van der Waals surface area contributed by atoms with Crippen molar-refractivity contribution in [1.29, 1.82) is 0 Å². The highest BCUT2D eigenvalue weighted by atomic mass is 35.5. The number of methoxy groups -OCH3 is 2. The maximum absolute atomic E-state index is 9.82. The van der Waals surface area contributed by atoms with E-state index >= 15 is 0 Å². The highest BCUT2D eigenvalue weighted by Crippen LogP contribution is 2.33. The Morgan fingerprint density at radius 1 is 1.10 bits per heavy atom. The first kappa shape index (κ1) is 15.3. The Balaban J connectivity index is 2.21. The molecule has 0 saturated carbocycles. The van der Waals surface area contributed by atoms with Crippen molar-refractivity contribution in [3.63, 3.8) is 0 Å². The zero-order valence-corrected chi connectivity index (χ0v) is 13.0. The molecule has 0 amide bonds. The Labute approximate surface area is 129 Å². The maximum atomic E-state index is 9.82. The molecule has 2 rings (SSSR count). The summed E-state index contributed by atoms with van der Waals surface area (Å²) in [7, 11) is 3.20. The van der Waals surface area contributed by atoms with Crippen LogP contribution >= 0.6 is 11.6 Å². The Morgan fingerprint density at radius 3 is 2.43 bits per heavy atom. The summed E-state index contributed by atoms with van der Waals surface area (Å²) in [5.41, 5.74) is 2.66. The topological polar surface area (TPSA) is 50.7 Å². The summed E-state index contributed by atoms with van der Waals surface area (Å²) >= 11 is 5.94. The van der Waals surface area contributed by atoms with Gasteiger partial charge in [-0.25, -0.2) is 0 Å². The fourth-order valence-electron chi connectivity index (χ4n) is 2.06. The molecule has 21 heavy (non-hydrogen) atoms. The van der Waals surface area contributed by atoms with E-state index in [1.165, 1.54) is 0 Å². The van der Waals surface area contributed by atoms with Gasteiger partial charge in [-0.15, -0.1) is 0 Å². The van der Waals surface area contributed by atoms with E-state index < -0.39 is 0 Å². The number of phenolic OH excluding ortho intramolecular Hbond substituents is 1. The van der Waals surface area contributed by atoms with Gasteiger partial charge >= 0.3 is 0 Å². The van der Waals surface area contributed by atoms with Gasteiger partial charge in [-0.05, 0) is 36.8 Å². The molecule has 0 spiro atoms. The van der Waals surface area contributed by atoms with Gasteiger partial charge in [0.05, 0.1) is 14.2 Å². The van der Waals surface area contributed by atoms with Gasteiger partial charge < -0.3 is 19.9 Å². The lowest BCUT2D eigenvalue weighted by Crippen LogP contribution is -2.02. The van der Waals surface area contributed by atoms with Crippen molar-refractivity contribution in [3.8, 4) is 17.2 Å². The quantitative estimate of drug-likeness (QED) is 0.877. The molecule has 0 aliphatic rings. The molecule has 0 radical (unpaired) electrons. The van der Waals surface area contributed by atoms with E-state index in [1.807, 2.05) is 19.1 Å². The zero-order valence-electron chi connectivity index (χ0n) is 12.2. The first-order valence-corrected chi connectivity index (χ1v) is 6.87. The van der Waals surface area contributed by atoms with Gasteiger partial charge in [0, 0.05) is 28.9 Å². The lowest BCUT2D eigenvalue weighted by molar-refractivity contribution is 0.355. The second kappa shape index (κ2) is 6.59. The van der Waals surface area contributed by atoms with Crippen LogP contribution in [0.25, 0.3) is 0 Å². The van der Waals surface area contributed by atoms with Crippen molar-refractivity contribution in [2.45, 2.75) is 13.5 Å². The molecule has 0 bridgehead atoms. The van der Waals surface area contributed by atoms with Gasteiger partial charge in [0.1, 0.15) is 5.75 Å². The third-order valence-electron chi connectivity index (χ3n) is 3.24. The largest absolute Gasteiger partial charge is 0.508 e. The first-order valence-electron chi connectivity index (χ1n) is 6.49. The molecule has 2 aromatic rings. The summed E-state index contributed by atoms with van der Waals surface area (Å²) < 4.78 is 10.6. The van der Waals surface area contributed by atoms with Gasteiger partial charge in [0.2, 0.25) is 0 Å². The molecule has 2 aromatic carbocycles. The molecule has 0 saturated heterocycles. The minimum Gasteiger partial charge on any atom is -0.508 e. The second-order valence-electron chi connectivity index (χ2n) is 4.65. The van der Waals surface area contributed by atoms with Crippen LogP contribution in [-0.2, 0) is 6.54 Å². The van der Waals surface area contributed by atoms with Crippen LogP contribution in [0.1, 0.15) is 11.1 Å². The van der Waals surface area contributed by atoms with E-state index in [4.69, 9.17) is 21.1 Å². The fourth-order valence-corrected chi connectivity index (χ4v) is 2.25. The zero-order chi connectivity index (χ0) is 15.4. The van der Waals surface area contributed by atoms with Crippen molar-refractivity contribution < 1.29 is 14.6 Å². The number of phenols is 1. The SMILES string of the molecule is COc1cc(C)c(NCc2cc(Cl)ccc2O)cc1OC. The van der Waals surface area contributed by atoms with Gasteiger partial charge in [-0.2, -0.15) is 0 Å². The van der Waals surface area contributed by atoms with E-state index in [-0.39, 0.29) is 5.75 Å². The summed E-state index contributed by atoms with van der Waals surface area (Å²) in [6.07, 6.45) is 0. The van der Waals surface area contributed by atoms with E-state index in [9.17, 15) is 5.11 Å². The van der Waals surface area contributed by atoms with Crippen molar-refractivity contribution in [1.82, 2.24) is 0 Å². The van der Waals surface area contributed by atoms with Gasteiger partial charge in [0.15, 0.2) is 11.5 Å². The number of hydrogen-bond acceptors (Lipinski definition) is 4. The molecule has 112 valence electrons. The van der Waals surface area contributed by atoms with Crippen molar-refractivity contribution in [2.24, 2.45) is 0 Å². The molecule has 0 fully saturated rings. The van der Waals surface area contributed by atoms with Crippen LogP contribution in [0.5, 0.6) is 17.2 Å². The van der Waals surface area contributed by atoms with Gasteiger partial charge in [-0.1, -0.05) is 11.6 Å². The van der Waals surface area contributed by atoms with Gasteiger partial charge in [0.25, 0.3) is 0 Å². The standard InChI is InChI=1S/C16H18ClNO3/c1-10-6-15(20-2)16(21-3)8-13(10)18-9-11-7-12(17)4-5-14(11)19/h4-8,18-19H,9H2,1-3H3. The molecule has 0 aliphatic heterocycles. The van der Waals surface area contributed by atoms with Crippen LogP contribution in [0.15, 0.2) is 30.3 Å². The number of rotatable bonds is 5. The number of aromatic hydroxyl groups is 1. The molecule has 5 heteroatoms. The van der Waals surface area contributed by atoms with Crippen LogP contribution < -0.4 is 14.8 Å². The number of ether oxygens (including phenoxy) is 2. The van der Waals surface area contributed by atoms with Crippen molar-refractivity contribution in [2.75, 3.05) is 19.5 Å². The first-order chi connectivity index (χ1) is 10.0. The number of benzene rings is 2. The Kier molecular flexibility index (Phi) is 4.81. The molecule has 4 nitrogen and oxygen atoms in total. The Morgan fingerprint density at radius 2 is 1.76 bits per heavy atom. The van der Waals surface area contributed by atoms with E-state index in [1.54, 1.807) is 32.4 Å². The number of halogens is 1. The Hall–Kier alpha value is -2.07. The normalized spacial score (nSPS) is 10.3. The molecular weight excluding hydrogens is 290 g/mol. The summed E-state index contributed by atoms with van der Waals surface area (Å²) in [6.45, 7) is 2.44. The third kappa shape index (κ3) is 3.52. The molecule has 0 aliphatic carbocycles. The monoisotopic (exact) mass is 307 g/mol. The molecule has 0 atom stereocenters. The molecule has 0 unspecified atom stereocenters. The lowest BCUT2D eigenvalue weighted by Gasteiger charge is -2.15. The summed E-state index contributed by atoms with van der Waals surface area (Å²) in [6, 6.07) is 8.75. The predicted octanol–water partition coefficient (Wildman–Crippen LogP) is 3.98. The van der Waals surface area contributed by atoms with Crippen LogP contribution in [0.3, 0.4) is 0 Å². The smallest absolute Gasteiger partial charge is 0.162 e. The molecule has 2 N–H and O–H groups in total. The van der Waals surface area contributed by atoms with E-state index in [0.29, 0.717) is 23.1 Å². The highest BCUT2D eigenvalue weighted by Gasteiger charge is 2.09. The van der Waals surface area contributed by atoms with E-state index in [2.05, 4.69) is 5.32 Å². The summed E-state index contributed by atoms with van der Waals surface area (Å²) in [4.78, 5) is 0. The van der Waals surface area contributed by atoms with Crippen molar-refractivity contribution in [3.05, 3.63) is 46.5 Å². The summed E-state index contributed by atoms with van der Waals surface area (Å²) in [5, 5.41) is 13.7. The predicted molar refractivity (Wildman–Crippen MR) is 84.7 cm³/mol. The summed E-state index contributed by atoms with van der Waals surface area (Å²) in [5.74, 6) is 1.55. The maximum Gasteiger partial charge on any atom is 0.162 e. The number of nitrogens with one attached hydrogen (secondary N) is 1. The second-order valence-corrected chi connectivity index (χ2v) is 5.09. The van der Waals surface area contributed by atoms with Crippen LogP contribution in [-0.4, -0.2) is 19.3 Å². The minimum atomic E-state index is 0.213. The molecule has 0 heterocycles. The minimum absolute atomic E-state index is 0.213. The molecular formula is C16H18ClNO3. The molecule has 0 aromatic heterocycles. The van der Waals surface area contributed by atoms with Crippen LogP contribution in [0.2, 0.25) is 5.02 Å². The number of anilines is 1. The third-order valence-corrected chi connectivity index (χ3v) is 3.48. The van der Waals surface area contributed by atoms with Crippen LogP contribution in [0, 0.1) is 6.92 Å². The van der Waals surface area contributed by atoms with Crippen molar-refractivity contribution >= 4 is 17.3 Å². The fraction of sp³-hybridized carbons (Fsp3) is 0.250. The Bertz CT molecular complexity index is 644. The number of hydrogen-bond donors (Lipinski definition) is 2. The number of aryl methyl sites for hydroxylation is 1. The average molecular weight is 308 g/mol. The lowest BCUT2D eigenvalue weighted by atomic mass is 10.1. The average Bonchev–Trinajstić information content (AvgIpc) is 2.48. The van der Waals surface area contributed by atoms with Crippen LogP contribution in [0.4, 0.5) is 5.69 Å². The highest BCUT2D eigenvalue weighted by molar-refractivity contribution is 6.30.